The van der Waals surface area contributed by atoms with Crippen LogP contribution in [0, 0.1) is 12.7 Å². The quantitative estimate of drug-likeness (QED) is 0.800. The monoisotopic (exact) mass is 195 g/mol. The minimum Gasteiger partial charge on any atom is -0.491 e. The Morgan fingerprint density at radius 1 is 1.50 bits per heavy atom. The zero-order valence-corrected chi connectivity index (χ0v) is 8.22. The van der Waals surface area contributed by atoms with Crippen molar-refractivity contribution in [3.8, 4) is 5.75 Å². The normalized spacial score (nSPS) is 17.9. The second-order valence-electron chi connectivity index (χ2n) is 4.01. The number of nitrogens with two attached hydrogens (primary N) is 1. The van der Waals surface area contributed by atoms with Crippen molar-refractivity contribution in [2.75, 3.05) is 6.61 Å². The van der Waals surface area contributed by atoms with Gasteiger partial charge in [-0.25, -0.2) is 4.39 Å². The Bertz CT molecular complexity index is 347. The molecular formula is C11H14FNO. The molecule has 0 radical (unpaired) electrons. The smallest absolute Gasteiger partial charge is 0.129 e. The first-order valence-electron chi connectivity index (χ1n) is 4.78. The maximum Gasteiger partial charge on any atom is 0.129 e. The largest absolute Gasteiger partial charge is 0.491 e. The van der Waals surface area contributed by atoms with Gasteiger partial charge >= 0.3 is 0 Å². The van der Waals surface area contributed by atoms with Crippen LogP contribution in [-0.2, 0) is 0 Å². The molecule has 0 unspecified atom stereocenters. The Hall–Kier alpha value is -1.09. The van der Waals surface area contributed by atoms with Crippen molar-refractivity contribution in [1.29, 1.82) is 0 Å². The molecule has 0 bridgehead atoms. The Morgan fingerprint density at radius 3 is 2.86 bits per heavy atom. The van der Waals surface area contributed by atoms with Gasteiger partial charge in [-0.05, 0) is 31.9 Å². The van der Waals surface area contributed by atoms with E-state index < -0.39 is 0 Å². The molecule has 76 valence electrons. The number of halogens is 1. The van der Waals surface area contributed by atoms with Crippen LogP contribution in [0.15, 0.2) is 18.2 Å². The van der Waals surface area contributed by atoms with Crippen molar-refractivity contribution in [3.63, 3.8) is 0 Å². The zero-order valence-electron chi connectivity index (χ0n) is 8.22. The van der Waals surface area contributed by atoms with Crippen molar-refractivity contribution >= 4 is 0 Å². The summed E-state index contributed by atoms with van der Waals surface area (Å²) in [5, 5.41) is 0. The first-order chi connectivity index (χ1) is 6.61. The van der Waals surface area contributed by atoms with Crippen LogP contribution in [0.25, 0.3) is 0 Å². The van der Waals surface area contributed by atoms with E-state index in [1.54, 1.807) is 19.1 Å². The van der Waals surface area contributed by atoms with Crippen LogP contribution in [0.4, 0.5) is 4.39 Å². The highest BCUT2D eigenvalue weighted by molar-refractivity contribution is 5.33. The molecule has 0 atom stereocenters. The van der Waals surface area contributed by atoms with Gasteiger partial charge in [0, 0.05) is 5.56 Å². The Morgan fingerprint density at radius 2 is 2.21 bits per heavy atom. The highest BCUT2D eigenvalue weighted by Crippen LogP contribution is 2.33. The molecule has 1 saturated carbocycles. The first-order valence-corrected chi connectivity index (χ1v) is 4.78. The molecule has 0 saturated heterocycles. The lowest BCUT2D eigenvalue weighted by Crippen LogP contribution is -2.29. The van der Waals surface area contributed by atoms with E-state index in [-0.39, 0.29) is 11.4 Å². The standard InChI is InChI=1S/C11H14FNO/c1-8-9(12)3-2-4-10(8)14-7-11(13)5-6-11/h2-4H,5-7,13H2,1H3. The Labute approximate surface area is 82.9 Å². The maximum atomic E-state index is 13.1. The van der Waals surface area contributed by atoms with Crippen molar-refractivity contribution < 1.29 is 9.13 Å². The summed E-state index contributed by atoms with van der Waals surface area (Å²) in [7, 11) is 0. The van der Waals surface area contributed by atoms with Gasteiger partial charge in [0.15, 0.2) is 0 Å². The van der Waals surface area contributed by atoms with Gasteiger partial charge in [0.05, 0.1) is 5.54 Å². The summed E-state index contributed by atoms with van der Waals surface area (Å²) in [5.74, 6) is 0.367. The van der Waals surface area contributed by atoms with Gasteiger partial charge in [0.2, 0.25) is 0 Å². The number of benzene rings is 1. The van der Waals surface area contributed by atoms with Gasteiger partial charge in [-0.2, -0.15) is 0 Å². The fourth-order valence-corrected chi connectivity index (χ4v) is 1.27. The summed E-state index contributed by atoms with van der Waals surface area (Å²) in [5.41, 5.74) is 6.26. The van der Waals surface area contributed by atoms with Crippen LogP contribution in [0.2, 0.25) is 0 Å². The van der Waals surface area contributed by atoms with Crippen LogP contribution in [0.5, 0.6) is 5.75 Å². The maximum absolute atomic E-state index is 13.1. The van der Waals surface area contributed by atoms with Gasteiger partial charge in [-0.3, -0.25) is 0 Å². The summed E-state index contributed by atoms with van der Waals surface area (Å²) in [6.45, 7) is 2.19. The summed E-state index contributed by atoms with van der Waals surface area (Å²) >= 11 is 0. The molecule has 0 aromatic heterocycles. The van der Waals surface area contributed by atoms with Crippen LogP contribution in [0.1, 0.15) is 18.4 Å². The second-order valence-corrected chi connectivity index (χ2v) is 4.01. The van der Waals surface area contributed by atoms with Crippen molar-refractivity contribution in [1.82, 2.24) is 0 Å². The third-order valence-corrected chi connectivity index (χ3v) is 2.63. The van der Waals surface area contributed by atoms with E-state index in [0.29, 0.717) is 17.9 Å². The molecule has 1 aromatic carbocycles. The Kier molecular flexibility index (Phi) is 2.19. The summed E-state index contributed by atoms with van der Waals surface area (Å²) in [6.07, 6.45) is 2.00. The summed E-state index contributed by atoms with van der Waals surface area (Å²) in [6, 6.07) is 4.84. The second kappa shape index (κ2) is 3.24. The molecule has 1 aliphatic carbocycles. The van der Waals surface area contributed by atoms with E-state index in [4.69, 9.17) is 10.5 Å². The molecule has 0 spiro atoms. The molecule has 1 aliphatic rings. The third kappa shape index (κ3) is 1.87. The van der Waals surface area contributed by atoms with Crippen LogP contribution >= 0.6 is 0 Å². The van der Waals surface area contributed by atoms with Crippen molar-refractivity contribution in [2.24, 2.45) is 5.73 Å². The van der Waals surface area contributed by atoms with E-state index in [1.165, 1.54) is 6.07 Å². The SMILES string of the molecule is Cc1c(F)cccc1OCC1(N)CC1. The van der Waals surface area contributed by atoms with E-state index in [1.807, 2.05) is 0 Å². The van der Waals surface area contributed by atoms with Crippen LogP contribution < -0.4 is 10.5 Å². The molecule has 3 heteroatoms. The van der Waals surface area contributed by atoms with Crippen LogP contribution in [0.3, 0.4) is 0 Å². The minimum absolute atomic E-state index is 0.154. The van der Waals surface area contributed by atoms with Crippen molar-refractivity contribution in [2.45, 2.75) is 25.3 Å². The topological polar surface area (TPSA) is 35.2 Å². The highest BCUT2D eigenvalue weighted by Gasteiger charge is 2.39. The molecule has 1 fully saturated rings. The molecule has 2 rings (SSSR count). The van der Waals surface area contributed by atoms with E-state index in [2.05, 4.69) is 0 Å². The number of rotatable bonds is 3. The fraction of sp³-hybridized carbons (Fsp3) is 0.455. The average molecular weight is 195 g/mol. The summed E-state index contributed by atoms with van der Waals surface area (Å²) in [4.78, 5) is 0. The average Bonchev–Trinajstić information content (AvgIpc) is 2.88. The number of ether oxygens (including phenoxy) is 1. The Balaban J connectivity index is 2.05. The fourth-order valence-electron chi connectivity index (χ4n) is 1.27. The predicted molar refractivity (Wildman–Crippen MR) is 52.8 cm³/mol. The van der Waals surface area contributed by atoms with Gasteiger partial charge in [0.25, 0.3) is 0 Å². The van der Waals surface area contributed by atoms with Crippen LogP contribution in [-0.4, -0.2) is 12.1 Å². The van der Waals surface area contributed by atoms with Crippen molar-refractivity contribution in [3.05, 3.63) is 29.6 Å². The molecule has 1 aromatic rings. The molecule has 0 aliphatic heterocycles. The number of hydrogen-bond acceptors (Lipinski definition) is 2. The van der Waals surface area contributed by atoms with Gasteiger partial charge in [-0.15, -0.1) is 0 Å². The summed E-state index contributed by atoms with van der Waals surface area (Å²) < 4.78 is 18.6. The molecule has 14 heavy (non-hydrogen) atoms. The third-order valence-electron chi connectivity index (χ3n) is 2.63. The molecule has 0 heterocycles. The van der Waals surface area contributed by atoms with E-state index in [9.17, 15) is 4.39 Å². The zero-order chi connectivity index (χ0) is 10.2. The lowest BCUT2D eigenvalue weighted by atomic mass is 10.2. The molecular weight excluding hydrogens is 181 g/mol. The minimum atomic E-state index is -0.232. The van der Waals surface area contributed by atoms with Gasteiger partial charge in [0.1, 0.15) is 18.2 Å². The van der Waals surface area contributed by atoms with Gasteiger partial charge in [-0.1, -0.05) is 6.07 Å². The first kappa shape index (κ1) is 9.46. The predicted octanol–water partition coefficient (Wildman–Crippen LogP) is 2.00. The molecule has 2 nitrogen and oxygen atoms in total. The van der Waals surface area contributed by atoms with E-state index >= 15 is 0 Å². The highest BCUT2D eigenvalue weighted by atomic mass is 19.1. The van der Waals surface area contributed by atoms with Gasteiger partial charge < -0.3 is 10.5 Å². The lowest BCUT2D eigenvalue weighted by Gasteiger charge is -2.13. The molecule has 2 N–H and O–H groups in total. The molecule has 0 amide bonds. The number of hydrogen-bond donors (Lipinski definition) is 1. The lowest BCUT2D eigenvalue weighted by molar-refractivity contribution is 0.276. The van der Waals surface area contributed by atoms with E-state index in [0.717, 1.165) is 12.8 Å².